The molecule has 0 fully saturated rings. The molecule has 0 atom stereocenters. The summed E-state index contributed by atoms with van der Waals surface area (Å²) in [6.07, 6.45) is 0. The maximum absolute atomic E-state index is 9.07. The van der Waals surface area contributed by atoms with Crippen molar-refractivity contribution in [1.82, 2.24) is 0 Å². The van der Waals surface area contributed by atoms with E-state index in [9.17, 15) is 0 Å². The lowest BCUT2D eigenvalue weighted by atomic mass is 10.2. The van der Waals surface area contributed by atoms with Crippen LogP contribution in [0.3, 0.4) is 0 Å². The van der Waals surface area contributed by atoms with Crippen LogP contribution in [0, 0.1) is 0 Å². The third kappa shape index (κ3) is 1.46. The first kappa shape index (κ1) is 9.34. The van der Waals surface area contributed by atoms with Crippen molar-refractivity contribution < 1.29 is 5.11 Å². The van der Waals surface area contributed by atoms with E-state index in [4.69, 9.17) is 16.7 Å². The van der Waals surface area contributed by atoms with Crippen LogP contribution in [0.5, 0.6) is 0 Å². The number of aliphatic hydroxyl groups is 1. The summed E-state index contributed by atoms with van der Waals surface area (Å²) in [4.78, 5) is 0.865. The van der Waals surface area contributed by atoms with Crippen molar-refractivity contribution in [1.29, 1.82) is 0 Å². The number of hydrogen-bond acceptors (Lipinski definition) is 3. The second kappa shape index (κ2) is 3.50. The minimum atomic E-state index is 0.0356. The maximum Gasteiger partial charge on any atom is 0.0696 e. The summed E-state index contributed by atoms with van der Waals surface area (Å²) < 4.78 is 0.998. The van der Waals surface area contributed by atoms with E-state index in [1.54, 1.807) is 0 Å². The summed E-state index contributed by atoms with van der Waals surface area (Å²) in [5, 5.41) is 12.7. The molecule has 0 amide bonds. The summed E-state index contributed by atoms with van der Waals surface area (Å²) in [5.74, 6) is 0. The van der Waals surface area contributed by atoms with Crippen LogP contribution in [0.2, 0.25) is 5.02 Å². The fourth-order valence-electron chi connectivity index (χ4n) is 1.28. The molecule has 1 N–H and O–H groups in total. The molecule has 68 valence electrons. The highest BCUT2D eigenvalue weighted by Gasteiger charge is 2.08. The van der Waals surface area contributed by atoms with E-state index in [1.807, 2.05) is 17.5 Å². The molecule has 0 bridgehead atoms. The van der Waals surface area contributed by atoms with Gasteiger partial charge in [-0.25, -0.2) is 0 Å². The van der Waals surface area contributed by atoms with Crippen molar-refractivity contribution in [3.8, 4) is 0 Å². The predicted octanol–water partition coefficient (Wildman–Crippen LogP) is 3.34. The molecular weight excluding hydrogens is 224 g/mol. The number of hydrogen-bond donors (Lipinski definition) is 2. The zero-order valence-corrected chi connectivity index (χ0v) is 9.09. The molecule has 0 saturated heterocycles. The van der Waals surface area contributed by atoms with Crippen LogP contribution in [0.4, 0.5) is 0 Å². The SMILES string of the molecule is OCc1csc2c(Cl)ccc(S)c12. The number of halogens is 1. The molecule has 0 unspecified atom stereocenters. The van der Waals surface area contributed by atoms with E-state index in [0.717, 1.165) is 25.6 Å². The van der Waals surface area contributed by atoms with Gasteiger partial charge in [-0.05, 0) is 23.1 Å². The molecule has 1 heterocycles. The first-order valence-corrected chi connectivity index (χ1v) is 5.43. The standard InChI is InChI=1S/C9H7ClOS2/c10-6-1-2-7(12)8-5(3-11)4-13-9(6)8/h1-2,4,11-12H,3H2. The van der Waals surface area contributed by atoms with E-state index in [1.165, 1.54) is 11.3 Å². The zero-order valence-electron chi connectivity index (χ0n) is 6.62. The van der Waals surface area contributed by atoms with Crippen LogP contribution in [0.25, 0.3) is 10.1 Å². The molecule has 1 aromatic carbocycles. The van der Waals surface area contributed by atoms with Crippen molar-refractivity contribution in [3.63, 3.8) is 0 Å². The van der Waals surface area contributed by atoms with Crippen LogP contribution in [-0.2, 0) is 6.61 Å². The van der Waals surface area contributed by atoms with Gasteiger partial charge in [0.1, 0.15) is 0 Å². The van der Waals surface area contributed by atoms with Gasteiger partial charge >= 0.3 is 0 Å². The van der Waals surface area contributed by atoms with Gasteiger partial charge < -0.3 is 5.11 Å². The third-order valence-electron chi connectivity index (χ3n) is 1.90. The monoisotopic (exact) mass is 230 g/mol. The van der Waals surface area contributed by atoms with Crippen molar-refractivity contribution in [2.45, 2.75) is 11.5 Å². The zero-order chi connectivity index (χ0) is 9.42. The van der Waals surface area contributed by atoms with Crippen LogP contribution < -0.4 is 0 Å². The Labute approximate surface area is 90.4 Å². The normalized spacial score (nSPS) is 11.0. The van der Waals surface area contributed by atoms with E-state index >= 15 is 0 Å². The Bertz CT molecular complexity index is 450. The minimum Gasteiger partial charge on any atom is -0.392 e. The Morgan fingerprint density at radius 3 is 2.92 bits per heavy atom. The molecule has 13 heavy (non-hydrogen) atoms. The lowest BCUT2D eigenvalue weighted by Crippen LogP contribution is -1.80. The molecule has 1 nitrogen and oxygen atoms in total. The Morgan fingerprint density at radius 1 is 1.46 bits per heavy atom. The van der Waals surface area contributed by atoms with Crippen molar-refractivity contribution in [3.05, 3.63) is 28.1 Å². The van der Waals surface area contributed by atoms with Gasteiger partial charge in [0, 0.05) is 10.3 Å². The Hall–Kier alpha value is -0.220. The van der Waals surface area contributed by atoms with Crippen LogP contribution in [0.15, 0.2) is 22.4 Å². The van der Waals surface area contributed by atoms with Gasteiger partial charge in [-0.2, -0.15) is 0 Å². The van der Waals surface area contributed by atoms with Crippen molar-refractivity contribution >= 4 is 45.7 Å². The highest BCUT2D eigenvalue weighted by molar-refractivity contribution is 7.80. The number of thiol groups is 1. The number of rotatable bonds is 1. The molecule has 0 aliphatic heterocycles. The first-order chi connectivity index (χ1) is 6.24. The number of aliphatic hydroxyl groups excluding tert-OH is 1. The van der Waals surface area contributed by atoms with Gasteiger partial charge in [-0.1, -0.05) is 11.6 Å². The molecule has 0 saturated carbocycles. The van der Waals surface area contributed by atoms with Gasteiger partial charge in [-0.3, -0.25) is 0 Å². The molecule has 0 spiro atoms. The summed E-state index contributed by atoms with van der Waals surface area (Å²) in [5.41, 5.74) is 0.896. The Kier molecular flexibility index (Phi) is 2.51. The lowest BCUT2D eigenvalue weighted by molar-refractivity contribution is 0.283. The van der Waals surface area contributed by atoms with Gasteiger partial charge in [-0.15, -0.1) is 24.0 Å². The minimum absolute atomic E-state index is 0.0356. The smallest absolute Gasteiger partial charge is 0.0696 e. The number of thiophene rings is 1. The first-order valence-electron chi connectivity index (χ1n) is 3.72. The molecule has 4 heteroatoms. The molecule has 0 aliphatic rings. The Morgan fingerprint density at radius 2 is 2.23 bits per heavy atom. The lowest BCUT2D eigenvalue weighted by Gasteiger charge is -1.99. The van der Waals surface area contributed by atoms with Gasteiger partial charge in [0.05, 0.1) is 16.3 Å². The fraction of sp³-hybridized carbons (Fsp3) is 0.111. The maximum atomic E-state index is 9.07. The second-order valence-corrected chi connectivity index (χ2v) is 4.46. The van der Waals surface area contributed by atoms with Gasteiger partial charge in [0.2, 0.25) is 0 Å². The average Bonchev–Trinajstić information content (AvgIpc) is 2.56. The van der Waals surface area contributed by atoms with E-state index in [0.29, 0.717) is 0 Å². The van der Waals surface area contributed by atoms with Gasteiger partial charge in [0.25, 0.3) is 0 Å². The number of benzene rings is 1. The van der Waals surface area contributed by atoms with Gasteiger partial charge in [0.15, 0.2) is 0 Å². The fourth-order valence-corrected chi connectivity index (χ4v) is 2.97. The molecule has 1 aromatic heterocycles. The molecular formula is C9H7ClOS2. The molecule has 2 aromatic rings. The Balaban J connectivity index is 2.87. The van der Waals surface area contributed by atoms with E-state index < -0.39 is 0 Å². The summed E-state index contributed by atoms with van der Waals surface area (Å²) in [6.45, 7) is 0.0356. The summed E-state index contributed by atoms with van der Waals surface area (Å²) >= 11 is 11.9. The number of fused-ring (bicyclic) bond motifs is 1. The third-order valence-corrected chi connectivity index (χ3v) is 3.76. The quantitative estimate of drug-likeness (QED) is 0.720. The van der Waals surface area contributed by atoms with E-state index in [-0.39, 0.29) is 6.61 Å². The van der Waals surface area contributed by atoms with E-state index in [2.05, 4.69) is 12.6 Å². The predicted molar refractivity (Wildman–Crippen MR) is 60.0 cm³/mol. The molecule has 2 rings (SSSR count). The van der Waals surface area contributed by atoms with Crippen LogP contribution >= 0.6 is 35.6 Å². The summed E-state index contributed by atoms with van der Waals surface area (Å²) in [6, 6.07) is 3.67. The average molecular weight is 231 g/mol. The topological polar surface area (TPSA) is 20.2 Å². The van der Waals surface area contributed by atoms with Crippen LogP contribution in [0.1, 0.15) is 5.56 Å². The highest BCUT2D eigenvalue weighted by atomic mass is 35.5. The van der Waals surface area contributed by atoms with Crippen molar-refractivity contribution in [2.24, 2.45) is 0 Å². The molecule has 0 aliphatic carbocycles. The molecule has 0 radical (unpaired) electrons. The summed E-state index contributed by atoms with van der Waals surface area (Å²) in [7, 11) is 0. The highest BCUT2D eigenvalue weighted by Crippen LogP contribution is 2.36. The second-order valence-electron chi connectivity index (χ2n) is 2.69. The van der Waals surface area contributed by atoms with Crippen molar-refractivity contribution in [2.75, 3.05) is 0 Å². The van der Waals surface area contributed by atoms with Crippen LogP contribution in [-0.4, -0.2) is 5.11 Å². The largest absolute Gasteiger partial charge is 0.392 e.